The van der Waals surface area contributed by atoms with E-state index in [1.807, 2.05) is 27.7 Å². The highest BCUT2D eigenvalue weighted by Gasteiger charge is 2.16. The highest BCUT2D eigenvalue weighted by molar-refractivity contribution is 7.99. The summed E-state index contributed by atoms with van der Waals surface area (Å²) in [6.45, 7) is 7.48. The van der Waals surface area contributed by atoms with Crippen molar-refractivity contribution in [3.05, 3.63) is 15.8 Å². The number of rotatable bonds is 5. The molecule has 0 aliphatic heterocycles. The van der Waals surface area contributed by atoms with Crippen molar-refractivity contribution in [3.8, 4) is 6.01 Å². The van der Waals surface area contributed by atoms with Crippen LogP contribution in [0.2, 0.25) is 5.28 Å². The predicted molar refractivity (Wildman–Crippen MR) is 78.0 cm³/mol. The summed E-state index contributed by atoms with van der Waals surface area (Å²) < 4.78 is 6.90. The van der Waals surface area contributed by atoms with Crippen molar-refractivity contribution in [2.45, 2.75) is 50.2 Å². The molecule has 0 spiro atoms. The highest BCUT2D eigenvalue weighted by Crippen LogP contribution is 2.25. The first kappa shape index (κ1) is 15.8. The molecule has 0 saturated carbocycles. The van der Waals surface area contributed by atoms with Gasteiger partial charge in [0.2, 0.25) is 10.4 Å². The van der Waals surface area contributed by atoms with Crippen molar-refractivity contribution < 1.29 is 4.74 Å². The first-order valence-electron chi connectivity index (χ1n) is 6.29. The summed E-state index contributed by atoms with van der Waals surface area (Å²) in [5, 5.41) is 7.15. The van der Waals surface area contributed by atoms with E-state index in [9.17, 15) is 4.79 Å². The lowest BCUT2D eigenvalue weighted by molar-refractivity contribution is 0.219. The minimum absolute atomic E-state index is 0.0251. The average molecular weight is 331 g/mol. The second-order valence-corrected chi connectivity index (χ2v) is 5.99. The monoisotopic (exact) mass is 330 g/mol. The molecule has 0 fully saturated rings. The number of nitrogens with zero attached hydrogens (tertiary/aromatic N) is 5. The summed E-state index contributed by atoms with van der Waals surface area (Å²) in [5.41, 5.74) is -0.286. The molecule has 8 nitrogen and oxygen atoms in total. The second-order valence-electron chi connectivity index (χ2n) is 4.71. The van der Waals surface area contributed by atoms with Crippen LogP contribution in [0.5, 0.6) is 6.01 Å². The fourth-order valence-corrected chi connectivity index (χ4v) is 2.63. The van der Waals surface area contributed by atoms with Gasteiger partial charge in [0.1, 0.15) is 0 Å². The van der Waals surface area contributed by atoms with Crippen LogP contribution >= 0.6 is 23.4 Å². The zero-order valence-corrected chi connectivity index (χ0v) is 13.6. The van der Waals surface area contributed by atoms with Crippen molar-refractivity contribution in [2.75, 3.05) is 0 Å². The smallest absolute Gasteiger partial charge is 0.344 e. The van der Waals surface area contributed by atoms with Crippen LogP contribution in [0.1, 0.15) is 33.7 Å². The molecule has 1 N–H and O–H groups in total. The SMILES string of the molecule is CC(C)Oc1nc(Cl)nc(Sc2n[nH]c(=O)n2C(C)C)n1. The molecule has 2 heterocycles. The van der Waals surface area contributed by atoms with E-state index in [1.54, 1.807) is 0 Å². The van der Waals surface area contributed by atoms with Gasteiger partial charge in [-0.05, 0) is 51.1 Å². The minimum atomic E-state index is -0.286. The van der Waals surface area contributed by atoms with Gasteiger partial charge in [-0.15, -0.1) is 5.10 Å². The molecule has 0 unspecified atom stereocenters. The van der Waals surface area contributed by atoms with Crippen LogP contribution in [-0.4, -0.2) is 35.8 Å². The lowest BCUT2D eigenvalue weighted by atomic mass is 10.4. The Morgan fingerprint density at radius 3 is 2.57 bits per heavy atom. The molecule has 0 atom stereocenters. The number of hydrogen-bond acceptors (Lipinski definition) is 7. The number of halogens is 1. The van der Waals surface area contributed by atoms with E-state index in [4.69, 9.17) is 16.3 Å². The number of nitrogens with one attached hydrogen (secondary N) is 1. The lowest BCUT2D eigenvalue weighted by Gasteiger charge is -2.09. The molecule has 0 aliphatic rings. The van der Waals surface area contributed by atoms with Crippen LogP contribution in [0.15, 0.2) is 15.1 Å². The summed E-state index contributed by atoms with van der Waals surface area (Å²) in [6.07, 6.45) is -0.0828. The molecule has 114 valence electrons. The molecule has 2 aromatic heterocycles. The van der Waals surface area contributed by atoms with Gasteiger partial charge in [0, 0.05) is 6.04 Å². The first-order chi connectivity index (χ1) is 9.86. The van der Waals surface area contributed by atoms with Crippen LogP contribution < -0.4 is 10.4 Å². The molecule has 0 saturated heterocycles. The zero-order chi connectivity index (χ0) is 15.6. The third kappa shape index (κ3) is 3.94. The van der Waals surface area contributed by atoms with Crippen molar-refractivity contribution in [1.82, 2.24) is 29.7 Å². The van der Waals surface area contributed by atoms with Gasteiger partial charge < -0.3 is 4.74 Å². The summed E-state index contributed by atoms with van der Waals surface area (Å²) in [5.74, 6) is 0. The van der Waals surface area contributed by atoms with E-state index in [0.29, 0.717) is 10.3 Å². The number of aromatic amines is 1. The average Bonchev–Trinajstić information content (AvgIpc) is 2.68. The van der Waals surface area contributed by atoms with Gasteiger partial charge in [-0.1, -0.05) is 0 Å². The van der Waals surface area contributed by atoms with E-state index >= 15 is 0 Å². The Balaban J connectivity index is 2.31. The van der Waals surface area contributed by atoms with Crippen molar-refractivity contribution in [2.24, 2.45) is 0 Å². The topological polar surface area (TPSA) is 98.6 Å². The molecule has 0 bridgehead atoms. The van der Waals surface area contributed by atoms with Gasteiger partial charge >= 0.3 is 11.7 Å². The second kappa shape index (κ2) is 6.44. The maximum Gasteiger partial charge on any atom is 0.344 e. The van der Waals surface area contributed by atoms with E-state index in [1.165, 1.54) is 4.57 Å². The summed E-state index contributed by atoms with van der Waals surface area (Å²) in [7, 11) is 0. The molecule has 21 heavy (non-hydrogen) atoms. The van der Waals surface area contributed by atoms with Gasteiger partial charge in [0.05, 0.1) is 6.10 Å². The minimum Gasteiger partial charge on any atom is -0.461 e. The summed E-state index contributed by atoms with van der Waals surface area (Å²) in [4.78, 5) is 23.7. The Hall–Kier alpha value is -1.61. The molecule has 0 radical (unpaired) electrons. The van der Waals surface area contributed by atoms with Gasteiger partial charge in [0.25, 0.3) is 0 Å². The molecular weight excluding hydrogens is 316 g/mol. The summed E-state index contributed by atoms with van der Waals surface area (Å²) >= 11 is 6.97. The number of ether oxygens (including phenoxy) is 1. The molecule has 0 aromatic carbocycles. The largest absolute Gasteiger partial charge is 0.461 e. The Bertz CT molecular complexity index is 684. The lowest BCUT2D eigenvalue weighted by Crippen LogP contribution is -2.19. The fraction of sp³-hybridized carbons (Fsp3) is 0.545. The maximum absolute atomic E-state index is 11.7. The van der Waals surface area contributed by atoms with Crippen molar-refractivity contribution >= 4 is 23.4 Å². The third-order valence-corrected chi connectivity index (χ3v) is 3.28. The number of hydrogen-bond donors (Lipinski definition) is 1. The van der Waals surface area contributed by atoms with E-state index in [0.717, 1.165) is 11.8 Å². The normalized spacial score (nSPS) is 11.4. The molecular formula is C11H15ClN6O2S. The van der Waals surface area contributed by atoms with E-state index in [2.05, 4.69) is 25.1 Å². The van der Waals surface area contributed by atoms with Crippen LogP contribution in [0.4, 0.5) is 0 Å². The molecule has 10 heteroatoms. The van der Waals surface area contributed by atoms with Gasteiger partial charge in [-0.25, -0.2) is 9.89 Å². The summed E-state index contributed by atoms with van der Waals surface area (Å²) in [6, 6.07) is 0.101. The van der Waals surface area contributed by atoms with Crippen molar-refractivity contribution in [1.29, 1.82) is 0 Å². The standard InChI is InChI=1S/C11H15ClN6O2S/c1-5(2)18-10(19)16-17-11(18)21-9-14-7(12)13-8(15-9)20-6(3)4/h5-6H,1-4H3,(H,16,19). The molecule has 0 amide bonds. The highest BCUT2D eigenvalue weighted by atomic mass is 35.5. The molecule has 2 rings (SSSR count). The maximum atomic E-state index is 11.7. The van der Waals surface area contributed by atoms with Crippen LogP contribution in [0.3, 0.4) is 0 Å². The van der Waals surface area contributed by atoms with E-state index < -0.39 is 0 Å². The van der Waals surface area contributed by atoms with Crippen molar-refractivity contribution in [3.63, 3.8) is 0 Å². The van der Waals surface area contributed by atoms with Crippen LogP contribution in [0, 0.1) is 0 Å². The van der Waals surface area contributed by atoms with Crippen LogP contribution in [-0.2, 0) is 0 Å². The van der Waals surface area contributed by atoms with E-state index in [-0.39, 0.29) is 29.1 Å². The Labute approximate surface area is 130 Å². The van der Waals surface area contributed by atoms with Gasteiger partial charge in [-0.3, -0.25) is 4.57 Å². The molecule has 2 aromatic rings. The Morgan fingerprint density at radius 2 is 1.95 bits per heavy atom. The van der Waals surface area contributed by atoms with Crippen LogP contribution in [0.25, 0.3) is 0 Å². The van der Waals surface area contributed by atoms with Gasteiger partial charge in [-0.2, -0.15) is 15.0 Å². The Kier molecular flexibility index (Phi) is 4.84. The first-order valence-corrected chi connectivity index (χ1v) is 7.49. The fourth-order valence-electron chi connectivity index (χ4n) is 1.52. The Morgan fingerprint density at radius 1 is 1.24 bits per heavy atom. The number of H-pyrrole nitrogens is 1. The zero-order valence-electron chi connectivity index (χ0n) is 12.0. The number of aromatic nitrogens is 6. The molecule has 0 aliphatic carbocycles. The third-order valence-electron chi connectivity index (χ3n) is 2.28. The van der Waals surface area contributed by atoms with Gasteiger partial charge in [0.15, 0.2) is 5.16 Å². The quantitative estimate of drug-likeness (QED) is 0.894. The predicted octanol–water partition coefficient (Wildman–Crippen LogP) is 1.93.